The van der Waals surface area contributed by atoms with E-state index in [2.05, 4.69) is 60.2 Å². The molecule has 2 amide bonds. The van der Waals surface area contributed by atoms with E-state index >= 15 is 0 Å². The molecule has 2 aromatic rings. The molecule has 0 fully saturated rings. The Kier molecular flexibility index (Phi) is 6.34. The lowest BCUT2D eigenvalue weighted by Gasteiger charge is -2.08. The molecule has 3 nitrogen and oxygen atoms in total. The molecule has 116 valence electrons. The third-order valence-corrected chi connectivity index (χ3v) is 4.18. The van der Waals surface area contributed by atoms with E-state index in [4.69, 9.17) is 0 Å². The van der Waals surface area contributed by atoms with Gasteiger partial charge >= 0.3 is 6.03 Å². The molecule has 0 aromatic heterocycles. The van der Waals surface area contributed by atoms with Gasteiger partial charge in [0.25, 0.3) is 0 Å². The lowest BCUT2D eigenvalue weighted by molar-refractivity contribution is 0.240. The van der Waals surface area contributed by atoms with Crippen LogP contribution in [0.3, 0.4) is 0 Å². The summed E-state index contributed by atoms with van der Waals surface area (Å²) in [4.78, 5) is 13.0. The van der Waals surface area contributed by atoms with Crippen LogP contribution in [0.5, 0.6) is 0 Å². The molecule has 2 N–H and O–H groups in total. The number of hydrogen-bond donors (Lipinski definition) is 2. The summed E-state index contributed by atoms with van der Waals surface area (Å²) in [6.07, 6.45) is 2.89. The Bertz CT molecular complexity index is 593. The van der Waals surface area contributed by atoms with E-state index in [1.54, 1.807) is 11.8 Å². The minimum absolute atomic E-state index is 0.124. The minimum atomic E-state index is -0.124. The quantitative estimate of drug-likeness (QED) is 0.797. The van der Waals surface area contributed by atoms with Gasteiger partial charge in [-0.15, -0.1) is 11.8 Å². The van der Waals surface area contributed by atoms with Gasteiger partial charge in [0.05, 0.1) is 0 Å². The average molecular weight is 314 g/mol. The van der Waals surface area contributed by atoms with E-state index in [9.17, 15) is 4.79 Å². The van der Waals surface area contributed by atoms with Crippen LogP contribution in [-0.4, -0.2) is 18.8 Å². The first-order valence-electron chi connectivity index (χ1n) is 7.37. The van der Waals surface area contributed by atoms with Crippen molar-refractivity contribution in [2.75, 3.05) is 12.8 Å². The summed E-state index contributed by atoms with van der Waals surface area (Å²) < 4.78 is 0. The normalized spacial score (nSPS) is 10.3. The highest BCUT2D eigenvalue weighted by molar-refractivity contribution is 7.98. The highest BCUT2D eigenvalue weighted by atomic mass is 32.2. The van der Waals surface area contributed by atoms with Crippen LogP contribution in [0.25, 0.3) is 0 Å². The molecule has 0 saturated heterocycles. The highest BCUT2D eigenvalue weighted by Gasteiger charge is 2.01. The van der Waals surface area contributed by atoms with Gasteiger partial charge in [0.2, 0.25) is 0 Å². The second-order valence-electron chi connectivity index (χ2n) is 5.19. The number of carbonyl (C=O) groups is 1. The molecule has 0 heterocycles. The molecule has 0 unspecified atom stereocenters. The number of nitrogens with one attached hydrogen (secondary N) is 2. The first-order chi connectivity index (χ1) is 10.7. The van der Waals surface area contributed by atoms with E-state index in [1.807, 2.05) is 12.1 Å². The molecule has 0 aliphatic rings. The van der Waals surface area contributed by atoms with Crippen molar-refractivity contribution in [3.05, 3.63) is 65.2 Å². The first kappa shape index (κ1) is 16.4. The van der Waals surface area contributed by atoms with Crippen LogP contribution in [0.1, 0.15) is 16.7 Å². The lowest BCUT2D eigenvalue weighted by atomic mass is 10.1. The maximum Gasteiger partial charge on any atom is 0.315 e. The molecular formula is C18H22N2OS. The van der Waals surface area contributed by atoms with Crippen LogP contribution < -0.4 is 10.6 Å². The van der Waals surface area contributed by atoms with Crippen molar-refractivity contribution in [2.45, 2.75) is 24.8 Å². The zero-order valence-corrected chi connectivity index (χ0v) is 13.9. The summed E-state index contributed by atoms with van der Waals surface area (Å²) >= 11 is 1.71. The van der Waals surface area contributed by atoms with Crippen molar-refractivity contribution in [3.8, 4) is 0 Å². The molecule has 0 spiro atoms. The molecule has 2 rings (SSSR count). The number of aryl methyl sites for hydroxylation is 1. The summed E-state index contributed by atoms with van der Waals surface area (Å²) in [5.41, 5.74) is 3.59. The number of hydrogen-bond acceptors (Lipinski definition) is 2. The molecule has 0 atom stereocenters. The van der Waals surface area contributed by atoms with Gasteiger partial charge in [0, 0.05) is 18.0 Å². The predicted octanol–water partition coefficient (Wildman–Crippen LogP) is 3.76. The molecule has 0 radical (unpaired) electrons. The highest BCUT2D eigenvalue weighted by Crippen LogP contribution is 2.14. The van der Waals surface area contributed by atoms with E-state index in [-0.39, 0.29) is 6.03 Å². The topological polar surface area (TPSA) is 41.1 Å². The minimum Gasteiger partial charge on any atom is -0.338 e. The van der Waals surface area contributed by atoms with Crippen molar-refractivity contribution < 1.29 is 4.79 Å². The summed E-state index contributed by atoms with van der Waals surface area (Å²) in [6.45, 7) is 3.26. The fourth-order valence-corrected chi connectivity index (χ4v) is 2.47. The monoisotopic (exact) mass is 314 g/mol. The van der Waals surface area contributed by atoms with Gasteiger partial charge < -0.3 is 10.6 Å². The Morgan fingerprint density at radius 3 is 2.23 bits per heavy atom. The largest absolute Gasteiger partial charge is 0.338 e. The number of carbonyl (C=O) groups excluding carboxylic acids is 1. The number of rotatable bonds is 6. The zero-order chi connectivity index (χ0) is 15.8. The van der Waals surface area contributed by atoms with Crippen molar-refractivity contribution in [3.63, 3.8) is 0 Å². The molecule has 2 aromatic carbocycles. The molecule has 4 heteroatoms. The molecule has 0 saturated carbocycles. The van der Waals surface area contributed by atoms with Gasteiger partial charge in [-0.05, 0) is 42.9 Å². The SMILES string of the molecule is CSc1ccc(CNC(=O)NCCc2ccc(C)cc2)cc1. The zero-order valence-electron chi connectivity index (χ0n) is 13.1. The van der Waals surface area contributed by atoms with E-state index in [0.29, 0.717) is 13.1 Å². The smallest absolute Gasteiger partial charge is 0.315 e. The Labute approximate surface area is 136 Å². The fourth-order valence-electron chi connectivity index (χ4n) is 2.06. The Balaban J connectivity index is 1.68. The van der Waals surface area contributed by atoms with Crippen LogP contribution in [0.4, 0.5) is 4.79 Å². The molecular weight excluding hydrogens is 292 g/mol. The summed E-state index contributed by atoms with van der Waals surface area (Å²) in [5, 5.41) is 5.76. The molecule has 0 bridgehead atoms. The Morgan fingerprint density at radius 2 is 1.59 bits per heavy atom. The number of amides is 2. The number of urea groups is 1. The molecule has 0 aliphatic heterocycles. The van der Waals surface area contributed by atoms with Gasteiger partial charge in [-0.3, -0.25) is 0 Å². The first-order valence-corrected chi connectivity index (χ1v) is 8.60. The van der Waals surface area contributed by atoms with E-state index in [0.717, 1.165) is 12.0 Å². The van der Waals surface area contributed by atoms with Gasteiger partial charge in [-0.25, -0.2) is 4.79 Å². The third kappa shape index (κ3) is 5.45. The predicted molar refractivity (Wildman–Crippen MR) is 93.3 cm³/mol. The number of thioether (sulfide) groups is 1. The standard InChI is InChI=1S/C18H22N2OS/c1-14-3-5-15(6-4-14)11-12-19-18(21)20-13-16-7-9-17(22-2)10-8-16/h3-10H,11-13H2,1-2H3,(H2,19,20,21). The van der Waals surface area contributed by atoms with Gasteiger partial charge in [-0.1, -0.05) is 42.0 Å². The number of benzene rings is 2. The van der Waals surface area contributed by atoms with Crippen LogP contribution >= 0.6 is 11.8 Å². The lowest BCUT2D eigenvalue weighted by Crippen LogP contribution is -2.36. The van der Waals surface area contributed by atoms with Gasteiger partial charge in [0.15, 0.2) is 0 Å². The second-order valence-corrected chi connectivity index (χ2v) is 6.07. The summed E-state index contributed by atoms with van der Waals surface area (Å²) in [5.74, 6) is 0. The Morgan fingerprint density at radius 1 is 0.955 bits per heavy atom. The van der Waals surface area contributed by atoms with E-state index < -0.39 is 0 Å². The fraction of sp³-hybridized carbons (Fsp3) is 0.278. The summed E-state index contributed by atoms with van der Waals surface area (Å²) in [6, 6.07) is 16.5. The van der Waals surface area contributed by atoms with E-state index in [1.165, 1.54) is 16.0 Å². The second kappa shape index (κ2) is 8.49. The molecule has 22 heavy (non-hydrogen) atoms. The van der Waals surface area contributed by atoms with Crippen LogP contribution in [0.2, 0.25) is 0 Å². The van der Waals surface area contributed by atoms with Crippen molar-refractivity contribution >= 4 is 17.8 Å². The Hall–Kier alpha value is -1.94. The van der Waals surface area contributed by atoms with Crippen molar-refractivity contribution in [1.29, 1.82) is 0 Å². The van der Waals surface area contributed by atoms with Gasteiger partial charge in [0.1, 0.15) is 0 Å². The van der Waals surface area contributed by atoms with Crippen LogP contribution in [0, 0.1) is 6.92 Å². The third-order valence-electron chi connectivity index (χ3n) is 3.43. The summed E-state index contributed by atoms with van der Waals surface area (Å²) in [7, 11) is 0. The van der Waals surface area contributed by atoms with Crippen LogP contribution in [-0.2, 0) is 13.0 Å². The molecule has 0 aliphatic carbocycles. The van der Waals surface area contributed by atoms with Crippen LogP contribution in [0.15, 0.2) is 53.4 Å². The van der Waals surface area contributed by atoms with Crippen molar-refractivity contribution in [2.24, 2.45) is 0 Å². The maximum atomic E-state index is 11.8. The maximum absolute atomic E-state index is 11.8. The van der Waals surface area contributed by atoms with Gasteiger partial charge in [-0.2, -0.15) is 0 Å². The average Bonchev–Trinajstić information content (AvgIpc) is 2.55. The van der Waals surface area contributed by atoms with Crippen molar-refractivity contribution in [1.82, 2.24) is 10.6 Å².